The van der Waals surface area contributed by atoms with Gasteiger partial charge in [-0.3, -0.25) is 4.79 Å². The number of rotatable bonds is 4. The molecule has 0 aliphatic carbocycles. The monoisotopic (exact) mass is 465 g/mol. The summed E-state index contributed by atoms with van der Waals surface area (Å²) in [7, 11) is -4.11. The lowest BCUT2D eigenvalue weighted by molar-refractivity contribution is -0.0119. The third kappa shape index (κ3) is 4.65. The van der Waals surface area contributed by atoms with Crippen molar-refractivity contribution < 1.29 is 26.4 Å². The Morgan fingerprint density at radius 1 is 1.19 bits per heavy atom. The highest BCUT2D eigenvalue weighted by molar-refractivity contribution is 7.89. The zero-order valence-corrected chi connectivity index (χ0v) is 17.4. The summed E-state index contributed by atoms with van der Waals surface area (Å²) in [6, 6.07) is 7.55. The van der Waals surface area contributed by atoms with Gasteiger partial charge in [0.25, 0.3) is 21.9 Å². The normalized spacial score (nSPS) is 16.2. The summed E-state index contributed by atoms with van der Waals surface area (Å²) >= 11 is 0. The molecule has 3 aromatic rings. The maximum Gasteiger partial charge on any atom is 0.265 e. The van der Waals surface area contributed by atoms with E-state index in [1.54, 1.807) is 0 Å². The van der Waals surface area contributed by atoms with Gasteiger partial charge in [0.15, 0.2) is 5.03 Å². The van der Waals surface area contributed by atoms with Crippen LogP contribution in [0, 0.1) is 5.82 Å². The number of benzene rings is 1. The van der Waals surface area contributed by atoms with E-state index in [4.69, 9.17) is 5.14 Å². The number of primary sulfonamides is 1. The van der Waals surface area contributed by atoms with Gasteiger partial charge in [-0.2, -0.15) is 0 Å². The molecule has 168 valence electrons. The molecule has 12 heteroatoms. The third-order valence-corrected chi connectivity index (χ3v) is 5.78. The minimum absolute atomic E-state index is 0.0294. The molecule has 4 rings (SSSR count). The maximum absolute atomic E-state index is 14.0. The van der Waals surface area contributed by atoms with Gasteiger partial charge in [-0.05, 0) is 36.8 Å². The molecule has 3 N–H and O–H groups in total. The number of fused-ring (bicyclic) bond motifs is 1. The van der Waals surface area contributed by atoms with Gasteiger partial charge >= 0.3 is 0 Å². The molecule has 1 amide bonds. The first kappa shape index (κ1) is 22.0. The van der Waals surface area contributed by atoms with Crippen LogP contribution >= 0.6 is 0 Å². The fraction of sp³-hybridized carbons (Fsp3) is 0.250. The molecule has 1 aliphatic heterocycles. The summed E-state index contributed by atoms with van der Waals surface area (Å²) < 4.78 is 64.9. The van der Waals surface area contributed by atoms with Crippen LogP contribution in [-0.2, 0) is 10.0 Å². The zero-order valence-electron chi connectivity index (χ0n) is 16.6. The number of aromatic nitrogens is 2. The number of nitrogens with two attached hydrogens (primary N) is 1. The standard InChI is InChI=1S/C20H18F3N5O3S/c21-13-2-3-16-12(8-13)9-15(18(27-16)28-7-1-5-20(22,23)11-28)19(29)26-14-4-6-25-17(10-14)32(24,30)31/h2-4,6,8-10H,1,5,7,11H2,(H2,24,30,31)(H,25,26,29). The zero-order chi connectivity index (χ0) is 23.1. The molecule has 2 aromatic heterocycles. The van der Waals surface area contributed by atoms with Crippen LogP contribution in [0.15, 0.2) is 47.6 Å². The van der Waals surface area contributed by atoms with Crippen molar-refractivity contribution in [1.82, 2.24) is 9.97 Å². The quantitative estimate of drug-likeness (QED) is 0.612. The van der Waals surface area contributed by atoms with Crippen LogP contribution in [0.3, 0.4) is 0 Å². The Labute approximate surface area is 181 Å². The van der Waals surface area contributed by atoms with Gasteiger partial charge in [0, 0.05) is 36.3 Å². The molecule has 8 nitrogen and oxygen atoms in total. The smallest absolute Gasteiger partial charge is 0.265 e. The lowest BCUT2D eigenvalue weighted by atomic mass is 10.1. The summed E-state index contributed by atoms with van der Waals surface area (Å²) in [5.41, 5.74) is 0.352. The van der Waals surface area contributed by atoms with Gasteiger partial charge in [-0.25, -0.2) is 36.7 Å². The van der Waals surface area contributed by atoms with Gasteiger partial charge in [0.05, 0.1) is 17.6 Å². The molecule has 1 fully saturated rings. The highest BCUT2D eigenvalue weighted by atomic mass is 32.2. The second-order valence-corrected chi connectivity index (χ2v) is 8.97. The van der Waals surface area contributed by atoms with Crippen LogP contribution in [0.25, 0.3) is 10.9 Å². The fourth-order valence-electron chi connectivity index (χ4n) is 3.53. The van der Waals surface area contributed by atoms with E-state index in [1.807, 2.05) is 0 Å². The number of halogens is 3. The Morgan fingerprint density at radius 2 is 1.97 bits per heavy atom. The van der Waals surface area contributed by atoms with Crippen molar-refractivity contribution in [2.75, 3.05) is 23.3 Å². The van der Waals surface area contributed by atoms with Crippen molar-refractivity contribution in [3.63, 3.8) is 0 Å². The van der Waals surface area contributed by atoms with Gasteiger partial charge in [-0.15, -0.1) is 0 Å². The number of anilines is 2. The Hall–Kier alpha value is -3.25. The average molecular weight is 465 g/mol. The van der Waals surface area contributed by atoms with E-state index in [2.05, 4.69) is 15.3 Å². The molecule has 1 aliphatic rings. The van der Waals surface area contributed by atoms with Crippen molar-refractivity contribution in [2.45, 2.75) is 23.8 Å². The Morgan fingerprint density at radius 3 is 2.69 bits per heavy atom. The SMILES string of the molecule is NS(=O)(=O)c1cc(NC(=O)c2cc3cc(F)ccc3nc2N2CCCC(F)(F)C2)ccn1. The molecule has 0 radical (unpaired) electrons. The Balaban J connectivity index is 1.76. The summed E-state index contributed by atoms with van der Waals surface area (Å²) in [5, 5.41) is 7.42. The van der Waals surface area contributed by atoms with E-state index in [1.165, 1.54) is 35.2 Å². The second kappa shape index (κ2) is 8.02. The third-order valence-electron chi connectivity index (χ3n) is 4.98. The molecule has 0 atom stereocenters. The second-order valence-electron chi connectivity index (χ2n) is 7.46. The minimum atomic E-state index is -4.11. The van der Waals surface area contributed by atoms with Crippen LogP contribution in [0.4, 0.5) is 24.7 Å². The topological polar surface area (TPSA) is 118 Å². The van der Waals surface area contributed by atoms with Crippen LogP contribution in [-0.4, -0.2) is 43.3 Å². The van der Waals surface area contributed by atoms with Crippen molar-refractivity contribution in [1.29, 1.82) is 0 Å². The Kier molecular flexibility index (Phi) is 5.51. The largest absolute Gasteiger partial charge is 0.350 e. The number of nitrogens with zero attached hydrogens (tertiary/aromatic N) is 3. The number of nitrogens with one attached hydrogen (secondary N) is 1. The van der Waals surface area contributed by atoms with Crippen LogP contribution in [0.1, 0.15) is 23.2 Å². The van der Waals surface area contributed by atoms with Crippen LogP contribution < -0.4 is 15.4 Å². The van der Waals surface area contributed by atoms with Crippen molar-refractivity contribution in [2.24, 2.45) is 5.14 Å². The number of sulfonamides is 1. The summed E-state index contributed by atoms with van der Waals surface area (Å²) in [4.78, 5) is 22.4. The number of pyridine rings is 2. The van der Waals surface area contributed by atoms with E-state index in [0.29, 0.717) is 10.9 Å². The van der Waals surface area contributed by atoms with E-state index < -0.39 is 39.2 Å². The molecule has 0 saturated carbocycles. The molecular weight excluding hydrogens is 447 g/mol. The lowest BCUT2D eigenvalue weighted by Crippen LogP contribution is -2.43. The Bertz CT molecular complexity index is 1320. The minimum Gasteiger partial charge on any atom is -0.350 e. The van der Waals surface area contributed by atoms with Gasteiger partial charge < -0.3 is 10.2 Å². The highest BCUT2D eigenvalue weighted by Gasteiger charge is 2.37. The summed E-state index contributed by atoms with van der Waals surface area (Å²) in [6.45, 7) is -0.349. The first-order chi connectivity index (χ1) is 15.0. The highest BCUT2D eigenvalue weighted by Crippen LogP contribution is 2.32. The van der Waals surface area contributed by atoms with E-state index in [0.717, 1.165) is 12.3 Å². The number of hydrogen-bond acceptors (Lipinski definition) is 6. The molecule has 1 saturated heterocycles. The van der Waals surface area contributed by atoms with Gasteiger partial charge in [-0.1, -0.05) is 0 Å². The summed E-state index contributed by atoms with van der Waals surface area (Å²) in [5.74, 6) is -4.20. The number of hydrogen-bond donors (Lipinski definition) is 2. The van der Waals surface area contributed by atoms with Crippen molar-refractivity contribution in [3.05, 3.63) is 54.0 Å². The predicted octanol–water partition coefficient (Wildman–Crippen LogP) is 2.90. The molecule has 3 heterocycles. The number of amides is 1. The summed E-state index contributed by atoms with van der Waals surface area (Å²) in [6.07, 6.45) is 1.09. The fourth-order valence-corrected chi connectivity index (χ4v) is 4.03. The van der Waals surface area contributed by atoms with Gasteiger partial charge in [0.1, 0.15) is 11.6 Å². The van der Waals surface area contributed by atoms with E-state index in [9.17, 15) is 26.4 Å². The number of alkyl halides is 2. The lowest BCUT2D eigenvalue weighted by Gasteiger charge is -2.34. The van der Waals surface area contributed by atoms with Crippen molar-refractivity contribution in [3.8, 4) is 0 Å². The molecule has 0 unspecified atom stereocenters. The van der Waals surface area contributed by atoms with Crippen LogP contribution in [0.2, 0.25) is 0 Å². The number of carbonyl (C=O) groups is 1. The predicted molar refractivity (Wildman–Crippen MR) is 112 cm³/mol. The van der Waals surface area contributed by atoms with E-state index in [-0.39, 0.29) is 36.5 Å². The van der Waals surface area contributed by atoms with Crippen molar-refractivity contribution >= 4 is 38.3 Å². The first-order valence-corrected chi connectivity index (χ1v) is 11.1. The number of carbonyl (C=O) groups excluding carboxylic acids is 1. The molecule has 1 aromatic carbocycles. The van der Waals surface area contributed by atoms with Crippen LogP contribution in [0.5, 0.6) is 0 Å². The van der Waals surface area contributed by atoms with Gasteiger partial charge in [0.2, 0.25) is 0 Å². The molecule has 32 heavy (non-hydrogen) atoms. The first-order valence-electron chi connectivity index (χ1n) is 9.55. The number of piperidine rings is 1. The molecule has 0 spiro atoms. The average Bonchev–Trinajstić information content (AvgIpc) is 2.71. The molecular formula is C20H18F3N5O3S. The van der Waals surface area contributed by atoms with E-state index >= 15 is 0 Å². The maximum atomic E-state index is 14.0. The molecule has 0 bridgehead atoms.